The lowest BCUT2D eigenvalue weighted by Crippen LogP contribution is -2.49. The van der Waals surface area contributed by atoms with Gasteiger partial charge >= 0.3 is 0 Å². The van der Waals surface area contributed by atoms with Gasteiger partial charge in [-0.1, -0.05) is 25.1 Å². The number of hydrogen-bond acceptors (Lipinski definition) is 4. The molecule has 1 aromatic carbocycles. The van der Waals surface area contributed by atoms with Crippen molar-refractivity contribution in [2.24, 2.45) is 7.05 Å². The first-order chi connectivity index (χ1) is 13.0. The molecular formula is C20H25N5O2. The standard InChI is InChI=1S/C20H25N5O2/c1-4-16(19(26)24-11-9-22(2)10-12-24)25-17-8-6-5-7-14(17)15-13-21-23(3)20(27)18(15)25/h5-8,13,16H,4,9-12H2,1-3H3/t16-/m1/s1. The van der Waals surface area contributed by atoms with Crippen molar-refractivity contribution >= 4 is 27.7 Å². The van der Waals surface area contributed by atoms with E-state index in [1.165, 1.54) is 4.68 Å². The van der Waals surface area contributed by atoms with Crippen molar-refractivity contribution < 1.29 is 4.79 Å². The van der Waals surface area contributed by atoms with Crippen molar-refractivity contribution in [1.82, 2.24) is 24.1 Å². The molecule has 7 nitrogen and oxygen atoms in total. The molecule has 4 rings (SSSR count). The minimum Gasteiger partial charge on any atom is -0.338 e. The molecule has 1 atom stereocenters. The smallest absolute Gasteiger partial charge is 0.291 e. The number of carbonyl (C=O) groups is 1. The van der Waals surface area contributed by atoms with Gasteiger partial charge in [-0.15, -0.1) is 0 Å². The van der Waals surface area contributed by atoms with E-state index in [1.807, 2.05) is 40.7 Å². The fourth-order valence-electron chi connectivity index (χ4n) is 4.02. The van der Waals surface area contributed by atoms with Gasteiger partial charge in [0.2, 0.25) is 5.91 Å². The van der Waals surface area contributed by atoms with Crippen LogP contribution < -0.4 is 5.56 Å². The second-order valence-corrected chi connectivity index (χ2v) is 7.28. The number of benzene rings is 1. The molecule has 142 valence electrons. The van der Waals surface area contributed by atoms with Crippen LogP contribution in [0.15, 0.2) is 35.3 Å². The number of para-hydroxylation sites is 1. The van der Waals surface area contributed by atoms with Crippen LogP contribution in [0.2, 0.25) is 0 Å². The molecule has 0 saturated carbocycles. The first-order valence-corrected chi connectivity index (χ1v) is 9.45. The molecule has 0 bridgehead atoms. The maximum atomic E-state index is 13.4. The Morgan fingerprint density at radius 2 is 1.81 bits per heavy atom. The van der Waals surface area contributed by atoms with Crippen molar-refractivity contribution in [1.29, 1.82) is 0 Å². The molecule has 0 unspecified atom stereocenters. The van der Waals surface area contributed by atoms with Gasteiger partial charge in [-0.05, 0) is 19.5 Å². The number of carbonyl (C=O) groups excluding carboxylic acids is 1. The molecule has 3 aromatic rings. The molecule has 27 heavy (non-hydrogen) atoms. The lowest BCUT2D eigenvalue weighted by Gasteiger charge is -2.35. The molecule has 0 spiro atoms. The van der Waals surface area contributed by atoms with Gasteiger partial charge in [-0.25, -0.2) is 4.68 Å². The quantitative estimate of drug-likeness (QED) is 0.706. The third-order valence-electron chi connectivity index (χ3n) is 5.60. The minimum absolute atomic E-state index is 0.0899. The number of likely N-dealkylation sites (N-methyl/N-ethyl adjacent to an activating group) is 1. The van der Waals surface area contributed by atoms with Gasteiger partial charge < -0.3 is 14.4 Å². The Hall–Kier alpha value is -2.67. The lowest BCUT2D eigenvalue weighted by molar-refractivity contribution is -0.136. The van der Waals surface area contributed by atoms with Gasteiger partial charge in [0, 0.05) is 44.0 Å². The molecule has 1 aliphatic rings. The van der Waals surface area contributed by atoms with Crippen LogP contribution in [0.25, 0.3) is 21.8 Å². The fourth-order valence-corrected chi connectivity index (χ4v) is 4.02. The van der Waals surface area contributed by atoms with Crippen LogP contribution in [-0.2, 0) is 11.8 Å². The largest absolute Gasteiger partial charge is 0.338 e. The summed E-state index contributed by atoms with van der Waals surface area (Å²) in [4.78, 5) is 30.5. The Kier molecular flexibility index (Phi) is 4.47. The third kappa shape index (κ3) is 2.82. The van der Waals surface area contributed by atoms with Crippen molar-refractivity contribution in [2.75, 3.05) is 33.2 Å². The number of aromatic nitrogens is 3. The Labute approximate surface area is 157 Å². The van der Waals surface area contributed by atoms with E-state index in [0.717, 1.165) is 42.5 Å². The fraction of sp³-hybridized carbons (Fsp3) is 0.450. The Morgan fingerprint density at radius 1 is 1.11 bits per heavy atom. The summed E-state index contributed by atoms with van der Waals surface area (Å²) < 4.78 is 3.28. The van der Waals surface area contributed by atoms with Gasteiger partial charge in [0.25, 0.3) is 5.56 Å². The summed E-state index contributed by atoms with van der Waals surface area (Å²) in [5.74, 6) is 0.0899. The number of nitrogens with zero attached hydrogens (tertiary/aromatic N) is 5. The third-order valence-corrected chi connectivity index (χ3v) is 5.60. The zero-order chi connectivity index (χ0) is 19.1. The number of rotatable bonds is 3. The molecule has 1 aliphatic heterocycles. The van der Waals surface area contributed by atoms with Crippen molar-refractivity contribution in [3.8, 4) is 0 Å². The molecule has 0 radical (unpaired) electrons. The van der Waals surface area contributed by atoms with E-state index in [4.69, 9.17) is 0 Å². The SMILES string of the molecule is CC[C@H](C(=O)N1CCN(C)CC1)n1c2ccccc2c2cnn(C)c(=O)c21. The second kappa shape index (κ2) is 6.81. The Morgan fingerprint density at radius 3 is 2.52 bits per heavy atom. The predicted molar refractivity (Wildman–Crippen MR) is 106 cm³/mol. The van der Waals surface area contributed by atoms with Gasteiger partial charge in [0.05, 0.1) is 11.7 Å². The average molecular weight is 367 g/mol. The summed E-state index contributed by atoms with van der Waals surface area (Å²) in [6, 6.07) is 7.47. The summed E-state index contributed by atoms with van der Waals surface area (Å²) in [7, 11) is 3.72. The molecule has 0 aliphatic carbocycles. The molecule has 3 heterocycles. The van der Waals surface area contributed by atoms with Crippen LogP contribution in [0.4, 0.5) is 0 Å². The normalized spacial score (nSPS) is 16.9. The average Bonchev–Trinajstić information content (AvgIpc) is 3.01. The van der Waals surface area contributed by atoms with E-state index in [-0.39, 0.29) is 11.5 Å². The second-order valence-electron chi connectivity index (χ2n) is 7.28. The number of aryl methyl sites for hydroxylation is 1. The maximum Gasteiger partial charge on any atom is 0.291 e. The van der Waals surface area contributed by atoms with Crippen LogP contribution >= 0.6 is 0 Å². The van der Waals surface area contributed by atoms with Crippen molar-refractivity contribution in [2.45, 2.75) is 19.4 Å². The highest BCUT2D eigenvalue weighted by Crippen LogP contribution is 2.31. The molecule has 1 fully saturated rings. The Balaban J connectivity index is 1.91. The maximum absolute atomic E-state index is 13.4. The number of piperazine rings is 1. The summed E-state index contributed by atoms with van der Waals surface area (Å²) in [6.07, 6.45) is 2.35. The van der Waals surface area contributed by atoms with Crippen LogP contribution in [0.5, 0.6) is 0 Å². The van der Waals surface area contributed by atoms with Gasteiger partial charge in [0.1, 0.15) is 11.6 Å². The predicted octanol–water partition coefficient (Wildman–Crippen LogP) is 1.61. The van der Waals surface area contributed by atoms with Gasteiger partial charge in [0.15, 0.2) is 0 Å². The first-order valence-electron chi connectivity index (χ1n) is 9.45. The molecule has 2 aromatic heterocycles. The topological polar surface area (TPSA) is 63.4 Å². The van der Waals surface area contributed by atoms with E-state index in [1.54, 1.807) is 13.2 Å². The lowest BCUT2D eigenvalue weighted by atomic mass is 10.1. The van der Waals surface area contributed by atoms with E-state index >= 15 is 0 Å². The summed E-state index contributed by atoms with van der Waals surface area (Å²) in [5.41, 5.74) is 1.29. The summed E-state index contributed by atoms with van der Waals surface area (Å²) in [6.45, 7) is 5.21. The highest BCUT2D eigenvalue weighted by molar-refractivity contribution is 6.08. The van der Waals surface area contributed by atoms with Crippen molar-refractivity contribution in [3.63, 3.8) is 0 Å². The van der Waals surface area contributed by atoms with Crippen LogP contribution in [-0.4, -0.2) is 63.3 Å². The Bertz CT molecular complexity index is 1060. The molecule has 1 amide bonds. The zero-order valence-corrected chi connectivity index (χ0v) is 16.1. The molecular weight excluding hydrogens is 342 g/mol. The monoisotopic (exact) mass is 367 g/mol. The van der Waals surface area contributed by atoms with Crippen LogP contribution in [0, 0.1) is 0 Å². The molecule has 0 N–H and O–H groups in total. The zero-order valence-electron chi connectivity index (χ0n) is 16.1. The molecule has 1 saturated heterocycles. The first kappa shape index (κ1) is 17.7. The highest BCUT2D eigenvalue weighted by Gasteiger charge is 2.30. The minimum atomic E-state index is -0.397. The van der Waals surface area contributed by atoms with E-state index in [2.05, 4.69) is 17.0 Å². The van der Waals surface area contributed by atoms with E-state index in [0.29, 0.717) is 11.9 Å². The van der Waals surface area contributed by atoms with Gasteiger partial charge in [-0.2, -0.15) is 5.10 Å². The van der Waals surface area contributed by atoms with Gasteiger partial charge in [-0.3, -0.25) is 9.59 Å². The van der Waals surface area contributed by atoms with E-state index in [9.17, 15) is 9.59 Å². The summed E-state index contributed by atoms with van der Waals surface area (Å²) >= 11 is 0. The molecule has 7 heteroatoms. The van der Waals surface area contributed by atoms with Crippen LogP contribution in [0.1, 0.15) is 19.4 Å². The highest BCUT2D eigenvalue weighted by atomic mass is 16.2. The van der Waals surface area contributed by atoms with Crippen LogP contribution in [0.3, 0.4) is 0 Å². The van der Waals surface area contributed by atoms with E-state index < -0.39 is 6.04 Å². The summed E-state index contributed by atoms with van der Waals surface area (Å²) in [5, 5.41) is 5.95. The van der Waals surface area contributed by atoms with Crippen molar-refractivity contribution in [3.05, 3.63) is 40.8 Å². The number of fused-ring (bicyclic) bond motifs is 3. The number of amides is 1. The number of hydrogen-bond donors (Lipinski definition) is 0.